The number of aliphatic hydroxyl groups excluding tert-OH is 1. The van der Waals surface area contributed by atoms with Crippen LogP contribution in [0.5, 0.6) is 0 Å². The van der Waals surface area contributed by atoms with Crippen molar-refractivity contribution in [2.75, 3.05) is 13.2 Å². The molecule has 2 fully saturated rings. The molecule has 120 valence electrons. The zero-order valence-corrected chi connectivity index (χ0v) is 12.8. The van der Waals surface area contributed by atoms with Crippen LogP contribution in [0.2, 0.25) is 0 Å². The Morgan fingerprint density at radius 2 is 1.71 bits per heavy atom. The van der Waals surface area contributed by atoms with Crippen LogP contribution in [0.4, 0.5) is 0 Å². The second-order valence-electron chi connectivity index (χ2n) is 6.66. The maximum absolute atomic E-state index is 11.9. The largest absolute Gasteiger partial charge is 0.394 e. The number of rotatable bonds is 7. The minimum Gasteiger partial charge on any atom is -0.394 e. The second kappa shape index (κ2) is 7.78. The van der Waals surface area contributed by atoms with E-state index in [1.54, 1.807) is 0 Å². The van der Waals surface area contributed by atoms with Crippen molar-refractivity contribution >= 4 is 11.8 Å². The van der Waals surface area contributed by atoms with Gasteiger partial charge in [0.2, 0.25) is 11.8 Å². The SMILES string of the molecule is O=C(CCC1CCCC1)NCC(=O)NC1(CO)CCCC1. The molecular weight excluding hydrogens is 268 g/mol. The molecule has 21 heavy (non-hydrogen) atoms. The van der Waals surface area contributed by atoms with Crippen LogP contribution >= 0.6 is 0 Å². The lowest BCUT2D eigenvalue weighted by Gasteiger charge is -2.28. The van der Waals surface area contributed by atoms with Crippen LogP contribution in [-0.4, -0.2) is 35.6 Å². The molecule has 5 heteroatoms. The van der Waals surface area contributed by atoms with Gasteiger partial charge in [0.15, 0.2) is 0 Å². The second-order valence-corrected chi connectivity index (χ2v) is 6.66. The topological polar surface area (TPSA) is 78.4 Å². The molecule has 2 saturated carbocycles. The minimum absolute atomic E-state index is 0.0191. The summed E-state index contributed by atoms with van der Waals surface area (Å²) in [7, 11) is 0. The van der Waals surface area contributed by atoms with Gasteiger partial charge >= 0.3 is 0 Å². The molecule has 0 aromatic rings. The maximum Gasteiger partial charge on any atom is 0.239 e. The summed E-state index contributed by atoms with van der Waals surface area (Å²) in [6, 6.07) is 0. The lowest BCUT2D eigenvalue weighted by molar-refractivity contribution is -0.127. The molecule has 2 amide bonds. The molecule has 0 aliphatic heterocycles. The molecule has 0 heterocycles. The number of hydrogen-bond donors (Lipinski definition) is 3. The van der Waals surface area contributed by atoms with E-state index in [1.165, 1.54) is 25.7 Å². The first-order chi connectivity index (χ1) is 10.1. The van der Waals surface area contributed by atoms with E-state index in [-0.39, 0.29) is 25.0 Å². The highest BCUT2D eigenvalue weighted by Gasteiger charge is 2.34. The Kier molecular flexibility index (Phi) is 6.03. The first-order valence-electron chi connectivity index (χ1n) is 8.32. The predicted molar refractivity (Wildman–Crippen MR) is 80.6 cm³/mol. The zero-order chi connectivity index (χ0) is 15.1. The monoisotopic (exact) mass is 296 g/mol. The van der Waals surface area contributed by atoms with Crippen molar-refractivity contribution < 1.29 is 14.7 Å². The van der Waals surface area contributed by atoms with Crippen molar-refractivity contribution in [3.63, 3.8) is 0 Å². The molecule has 0 bridgehead atoms. The third kappa shape index (κ3) is 4.99. The quantitative estimate of drug-likeness (QED) is 0.666. The molecule has 0 unspecified atom stereocenters. The van der Waals surface area contributed by atoms with Crippen LogP contribution in [-0.2, 0) is 9.59 Å². The summed E-state index contributed by atoms with van der Waals surface area (Å²) in [5, 5.41) is 15.0. The molecule has 0 aromatic heterocycles. The Balaban J connectivity index is 1.62. The molecular formula is C16H28N2O3. The van der Waals surface area contributed by atoms with Gasteiger partial charge in [0.05, 0.1) is 18.7 Å². The van der Waals surface area contributed by atoms with E-state index in [9.17, 15) is 14.7 Å². The van der Waals surface area contributed by atoms with Gasteiger partial charge < -0.3 is 15.7 Å². The number of carbonyl (C=O) groups excluding carboxylic acids is 2. The summed E-state index contributed by atoms with van der Waals surface area (Å²) in [5.41, 5.74) is -0.453. The summed E-state index contributed by atoms with van der Waals surface area (Å²) >= 11 is 0. The van der Waals surface area contributed by atoms with E-state index < -0.39 is 5.54 Å². The fourth-order valence-corrected chi connectivity index (χ4v) is 3.62. The molecule has 3 N–H and O–H groups in total. The van der Waals surface area contributed by atoms with Crippen molar-refractivity contribution in [3.8, 4) is 0 Å². The van der Waals surface area contributed by atoms with E-state index in [2.05, 4.69) is 10.6 Å². The third-order valence-electron chi connectivity index (χ3n) is 4.97. The van der Waals surface area contributed by atoms with Gasteiger partial charge in [-0.25, -0.2) is 0 Å². The Labute approximate surface area is 126 Å². The van der Waals surface area contributed by atoms with Gasteiger partial charge in [0.1, 0.15) is 0 Å². The number of hydrogen-bond acceptors (Lipinski definition) is 3. The van der Waals surface area contributed by atoms with Gasteiger partial charge in [-0.1, -0.05) is 38.5 Å². The smallest absolute Gasteiger partial charge is 0.239 e. The highest BCUT2D eigenvalue weighted by Crippen LogP contribution is 2.29. The molecule has 2 aliphatic rings. The maximum atomic E-state index is 11.9. The van der Waals surface area contributed by atoms with Crippen molar-refractivity contribution in [1.29, 1.82) is 0 Å². The summed E-state index contributed by atoms with van der Waals surface area (Å²) in [5.74, 6) is 0.461. The minimum atomic E-state index is -0.453. The molecule has 0 atom stereocenters. The van der Waals surface area contributed by atoms with E-state index in [4.69, 9.17) is 0 Å². The number of amides is 2. The Hall–Kier alpha value is -1.10. The molecule has 0 radical (unpaired) electrons. The van der Waals surface area contributed by atoms with Gasteiger partial charge in [-0.2, -0.15) is 0 Å². The molecule has 0 aromatic carbocycles. The molecule has 5 nitrogen and oxygen atoms in total. The van der Waals surface area contributed by atoms with Crippen LogP contribution in [0.15, 0.2) is 0 Å². The lowest BCUT2D eigenvalue weighted by Crippen LogP contribution is -2.52. The van der Waals surface area contributed by atoms with Gasteiger partial charge in [-0.3, -0.25) is 9.59 Å². The van der Waals surface area contributed by atoms with Crippen molar-refractivity contribution in [3.05, 3.63) is 0 Å². The van der Waals surface area contributed by atoms with E-state index >= 15 is 0 Å². The zero-order valence-electron chi connectivity index (χ0n) is 12.8. The number of carbonyl (C=O) groups is 2. The molecule has 2 rings (SSSR count). The third-order valence-corrected chi connectivity index (χ3v) is 4.97. The van der Waals surface area contributed by atoms with Crippen molar-refractivity contribution in [1.82, 2.24) is 10.6 Å². The molecule has 2 aliphatic carbocycles. The fraction of sp³-hybridized carbons (Fsp3) is 0.875. The van der Waals surface area contributed by atoms with Crippen molar-refractivity contribution in [2.24, 2.45) is 5.92 Å². The Morgan fingerprint density at radius 3 is 2.33 bits per heavy atom. The summed E-state index contributed by atoms with van der Waals surface area (Å²) in [6.45, 7) is -0.000381. The van der Waals surface area contributed by atoms with Gasteiger partial charge in [0, 0.05) is 6.42 Å². The summed E-state index contributed by atoms with van der Waals surface area (Å²) in [4.78, 5) is 23.6. The Morgan fingerprint density at radius 1 is 1.05 bits per heavy atom. The average Bonchev–Trinajstić information content (AvgIpc) is 3.15. The fourth-order valence-electron chi connectivity index (χ4n) is 3.62. The van der Waals surface area contributed by atoms with E-state index in [0.29, 0.717) is 12.3 Å². The first kappa shape index (κ1) is 16.3. The highest BCUT2D eigenvalue weighted by atomic mass is 16.3. The average molecular weight is 296 g/mol. The predicted octanol–water partition coefficient (Wildman–Crippen LogP) is 1.49. The standard InChI is InChI=1S/C16H28N2O3/c19-12-16(9-3-4-10-16)18-15(21)11-17-14(20)8-7-13-5-1-2-6-13/h13,19H,1-12H2,(H,17,20)(H,18,21). The normalized spacial score (nSPS) is 21.4. The van der Waals surface area contributed by atoms with Crippen LogP contribution in [0.3, 0.4) is 0 Å². The first-order valence-corrected chi connectivity index (χ1v) is 8.32. The van der Waals surface area contributed by atoms with E-state index in [0.717, 1.165) is 32.1 Å². The van der Waals surface area contributed by atoms with Gasteiger partial charge in [0.25, 0.3) is 0 Å². The van der Waals surface area contributed by atoms with E-state index in [1.807, 2.05) is 0 Å². The van der Waals surface area contributed by atoms with Crippen molar-refractivity contribution in [2.45, 2.75) is 69.7 Å². The summed E-state index contributed by atoms with van der Waals surface area (Å²) < 4.78 is 0. The number of aliphatic hydroxyl groups is 1. The molecule has 0 saturated heterocycles. The van der Waals surface area contributed by atoms with Crippen LogP contribution in [0.1, 0.15) is 64.2 Å². The lowest BCUT2D eigenvalue weighted by atomic mass is 9.99. The van der Waals surface area contributed by atoms with Gasteiger partial charge in [-0.15, -0.1) is 0 Å². The highest BCUT2D eigenvalue weighted by molar-refractivity contribution is 5.85. The van der Waals surface area contributed by atoms with Gasteiger partial charge in [-0.05, 0) is 25.2 Å². The number of nitrogens with one attached hydrogen (secondary N) is 2. The Bertz CT molecular complexity index is 359. The van der Waals surface area contributed by atoms with Crippen LogP contribution in [0, 0.1) is 5.92 Å². The van der Waals surface area contributed by atoms with Crippen LogP contribution < -0.4 is 10.6 Å². The summed E-state index contributed by atoms with van der Waals surface area (Å²) in [6.07, 6.45) is 10.2. The molecule has 0 spiro atoms. The van der Waals surface area contributed by atoms with Crippen LogP contribution in [0.25, 0.3) is 0 Å².